The number of methoxy groups -OCH3 is 1. The van der Waals surface area contributed by atoms with Crippen LogP contribution in [0, 0.1) is 19.8 Å². The molecule has 1 aliphatic rings. The summed E-state index contributed by atoms with van der Waals surface area (Å²) in [5.41, 5.74) is 8.22. The lowest BCUT2D eigenvalue weighted by Crippen LogP contribution is -2.38. The second-order valence-corrected chi connectivity index (χ2v) is 7.51. The van der Waals surface area contributed by atoms with Gasteiger partial charge in [-0.2, -0.15) is 0 Å². The van der Waals surface area contributed by atoms with E-state index in [0.29, 0.717) is 6.54 Å². The van der Waals surface area contributed by atoms with Crippen molar-refractivity contribution in [1.82, 2.24) is 4.98 Å². The average Bonchev–Trinajstić information content (AvgIpc) is 3.11. The molecule has 0 bridgehead atoms. The fraction of sp³-hybridized carbons (Fsp3) is 0.421. The Labute approximate surface area is 157 Å². The molecule has 138 valence electrons. The van der Waals surface area contributed by atoms with Gasteiger partial charge in [0.25, 0.3) is 5.91 Å². The predicted octanol–water partition coefficient (Wildman–Crippen LogP) is 2.97. The number of carbonyl (C=O) groups excluding carboxylic acids is 2. The number of thiazole rings is 1. The van der Waals surface area contributed by atoms with Gasteiger partial charge < -0.3 is 15.4 Å². The Morgan fingerprint density at radius 1 is 1.31 bits per heavy atom. The lowest BCUT2D eigenvalue weighted by Gasteiger charge is -2.32. The zero-order valence-electron chi connectivity index (χ0n) is 15.2. The van der Waals surface area contributed by atoms with Crippen LogP contribution in [0.1, 0.15) is 44.8 Å². The quantitative estimate of drug-likeness (QED) is 0.815. The minimum atomic E-state index is -0.527. The molecule has 0 spiro atoms. The van der Waals surface area contributed by atoms with Crippen LogP contribution in [-0.4, -0.2) is 36.9 Å². The van der Waals surface area contributed by atoms with Crippen molar-refractivity contribution in [2.24, 2.45) is 11.7 Å². The maximum Gasteiger partial charge on any atom is 0.268 e. The van der Waals surface area contributed by atoms with Crippen LogP contribution in [-0.2, 0) is 0 Å². The molecule has 2 N–H and O–H groups in total. The molecule has 1 unspecified atom stereocenters. The number of primary amides is 1. The van der Waals surface area contributed by atoms with Gasteiger partial charge in [0.2, 0.25) is 0 Å². The molecule has 0 aliphatic carbocycles. The van der Waals surface area contributed by atoms with Gasteiger partial charge in [0.1, 0.15) is 11.4 Å². The number of piperidine rings is 1. The van der Waals surface area contributed by atoms with Gasteiger partial charge in [-0.05, 0) is 49.9 Å². The van der Waals surface area contributed by atoms with Gasteiger partial charge in [-0.3, -0.25) is 9.59 Å². The number of carbonyl (C=O) groups is 2. The molecule has 3 rings (SSSR count). The van der Waals surface area contributed by atoms with E-state index in [2.05, 4.69) is 9.88 Å². The Hall–Kier alpha value is -2.41. The highest BCUT2D eigenvalue weighted by molar-refractivity contribution is 7.13. The fourth-order valence-corrected chi connectivity index (χ4v) is 4.39. The zero-order valence-corrected chi connectivity index (χ0v) is 16.1. The highest BCUT2D eigenvalue weighted by Gasteiger charge is 2.28. The van der Waals surface area contributed by atoms with Gasteiger partial charge in [-0.15, -0.1) is 11.3 Å². The van der Waals surface area contributed by atoms with Gasteiger partial charge in [-0.1, -0.05) is 0 Å². The number of ketones is 1. The van der Waals surface area contributed by atoms with E-state index in [1.165, 1.54) is 11.3 Å². The van der Waals surface area contributed by atoms with Gasteiger partial charge >= 0.3 is 0 Å². The first-order valence-corrected chi connectivity index (χ1v) is 9.48. The first kappa shape index (κ1) is 18.4. The number of benzene rings is 1. The standard InChI is InChI=1S/C19H23N3O3S/c1-11-7-14(8-12(2)17(11)25-3)16(23)13-5-4-6-22(9-13)19-21-15(10-26-19)18(20)24/h7-8,10,13H,4-6,9H2,1-3H3,(H2,20,24). The average molecular weight is 373 g/mol. The molecule has 1 saturated heterocycles. The third-order valence-corrected chi connectivity index (χ3v) is 5.66. The van der Waals surface area contributed by atoms with Crippen molar-refractivity contribution in [1.29, 1.82) is 0 Å². The number of nitrogens with zero attached hydrogens (tertiary/aromatic N) is 2. The van der Waals surface area contributed by atoms with E-state index in [9.17, 15) is 9.59 Å². The molecule has 0 saturated carbocycles. The van der Waals surface area contributed by atoms with Crippen molar-refractivity contribution >= 4 is 28.2 Å². The minimum Gasteiger partial charge on any atom is -0.496 e. The topological polar surface area (TPSA) is 85.5 Å². The summed E-state index contributed by atoms with van der Waals surface area (Å²) in [4.78, 5) is 30.7. The number of Topliss-reactive ketones (excluding diaryl/α,β-unsaturated/α-hetero) is 1. The van der Waals surface area contributed by atoms with E-state index in [1.807, 2.05) is 26.0 Å². The monoisotopic (exact) mass is 373 g/mol. The van der Waals surface area contributed by atoms with Gasteiger partial charge in [0.15, 0.2) is 10.9 Å². The Bertz CT molecular complexity index is 823. The number of rotatable bonds is 5. The van der Waals surface area contributed by atoms with Crippen molar-refractivity contribution in [3.05, 3.63) is 39.9 Å². The van der Waals surface area contributed by atoms with Crippen LogP contribution < -0.4 is 15.4 Å². The van der Waals surface area contributed by atoms with Crippen molar-refractivity contribution in [3.8, 4) is 5.75 Å². The van der Waals surface area contributed by atoms with Gasteiger partial charge in [-0.25, -0.2) is 4.98 Å². The highest BCUT2D eigenvalue weighted by Crippen LogP contribution is 2.30. The molecule has 26 heavy (non-hydrogen) atoms. The van der Waals surface area contributed by atoms with E-state index in [1.54, 1.807) is 12.5 Å². The summed E-state index contributed by atoms with van der Waals surface area (Å²) in [5.74, 6) is 0.363. The van der Waals surface area contributed by atoms with Crippen LogP contribution >= 0.6 is 11.3 Å². The number of aromatic nitrogens is 1. The molecular formula is C19H23N3O3S. The van der Waals surface area contributed by atoms with Crippen LogP contribution in [0.5, 0.6) is 5.75 Å². The molecule has 1 aromatic carbocycles. The van der Waals surface area contributed by atoms with E-state index >= 15 is 0 Å². The van der Waals surface area contributed by atoms with Crippen LogP contribution in [0.25, 0.3) is 0 Å². The van der Waals surface area contributed by atoms with Crippen molar-refractivity contribution < 1.29 is 14.3 Å². The Kier molecular flexibility index (Phi) is 5.27. The fourth-order valence-electron chi connectivity index (χ4n) is 3.54. The van der Waals surface area contributed by atoms with Crippen LogP contribution in [0.2, 0.25) is 0 Å². The molecule has 0 radical (unpaired) electrons. The molecule has 6 nitrogen and oxygen atoms in total. The summed E-state index contributed by atoms with van der Waals surface area (Å²) in [6.45, 7) is 5.35. The van der Waals surface area contributed by atoms with E-state index < -0.39 is 5.91 Å². The number of hydrogen-bond acceptors (Lipinski definition) is 6. The maximum atomic E-state index is 13.0. The summed E-state index contributed by atoms with van der Waals surface area (Å²) in [7, 11) is 1.64. The Morgan fingerprint density at radius 2 is 2.00 bits per heavy atom. The van der Waals surface area contributed by atoms with Crippen LogP contribution in [0.4, 0.5) is 5.13 Å². The first-order chi connectivity index (χ1) is 12.4. The first-order valence-electron chi connectivity index (χ1n) is 8.60. The van der Waals surface area contributed by atoms with Crippen molar-refractivity contribution in [2.45, 2.75) is 26.7 Å². The van der Waals surface area contributed by atoms with Gasteiger partial charge in [0.05, 0.1) is 7.11 Å². The summed E-state index contributed by atoms with van der Waals surface area (Å²) >= 11 is 1.39. The maximum absolute atomic E-state index is 13.0. The van der Waals surface area contributed by atoms with E-state index in [-0.39, 0.29) is 17.4 Å². The largest absolute Gasteiger partial charge is 0.496 e. The third-order valence-electron chi connectivity index (χ3n) is 4.76. The van der Waals surface area contributed by atoms with Crippen molar-refractivity contribution in [2.75, 3.05) is 25.1 Å². The molecule has 2 heterocycles. The van der Waals surface area contributed by atoms with Gasteiger partial charge in [0, 0.05) is 30.0 Å². The normalized spacial score (nSPS) is 17.2. The van der Waals surface area contributed by atoms with E-state index in [0.717, 1.165) is 47.0 Å². The smallest absolute Gasteiger partial charge is 0.268 e. The molecule has 1 atom stereocenters. The van der Waals surface area contributed by atoms with Crippen molar-refractivity contribution in [3.63, 3.8) is 0 Å². The van der Waals surface area contributed by atoms with E-state index in [4.69, 9.17) is 10.5 Å². The van der Waals surface area contributed by atoms with Crippen LogP contribution in [0.15, 0.2) is 17.5 Å². The summed E-state index contributed by atoms with van der Waals surface area (Å²) < 4.78 is 5.39. The summed E-state index contributed by atoms with van der Waals surface area (Å²) in [6, 6.07) is 3.81. The molecule has 2 aromatic rings. The molecule has 1 fully saturated rings. The number of anilines is 1. The number of aryl methyl sites for hydroxylation is 2. The lowest BCUT2D eigenvalue weighted by atomic mass is 9.89. The molecular weight excluding hydrogens is 350 g/mol. The second-order valence-electron chi connectivity index (χ2n) is 6.67. The molecule has 7 heteroatoms. The molecule has 1 aliphatic heterocycles. The van der Waals surface area contributed by atoms with Crippen LogP contribution in [0.3, 0.4) is 0 Å². The summed E-state index contributed by atoms with van der Waals surface area (Å²) in [6.07, 6.45) is 1.77. The SMILES string of the molecule is COc1c(C)cc(C(=O)C2CCCN(c3nc(C(N)=O)cs3)C2)cc1C. The number of nitrogens with two attached hydrogens (primary N) is 1. The predicted molar refractivity (Wildman–Crippen MR) is 102 cm³/mol. The number of amides is 1. The second kappa shape index (κ2) is 7.45. The molecule has 1 aromatic heterocycles. The minimum absolute atomic E-state index is 0.0862. The Morgan fingerprint density at radius 3 is 2.58 bits per heavy atom. The summed E-state index contributed by atoms with van der Waals surface area (Å²) in [5, 5.41) is 2.41. The number of hydrogen-bond donors (Lipinski definition) is 1. The lowest BCUT2D eigenvalue weighted by molar-refractivity contribution is 0.0906. The third kappa shape index (κ3) is 3.58. The highest BCUT2D eigenvalue weighted by atomic mass is 32.1. The zero-order chi connectivity index (χ0) is 18.8. The number of ether oxygens (including phenoxy) is 1. The molecule has 1 amide bonds. The Balaban J connectivity index is 1.78.